The van der Waals surface area contributed by atoms with Gasteiger partial charge < -0.3 is 25.2 Å². The van der Waals surface area contributed by atoms with Crippen molar-refractivity contribution in [3.63, 3.8) is 0 Å². The van der Waals surface area contributed by atoms with Crippen LogP contribution in [-0.4, -0.2) is 106 Å². The van der Waals surface area contributed by atoms with Crippen LogP contribution in [0.2, 0.25) is 5.02 Å². The number of nitrogens with one attached hydrogen (secondary N) is 3. The van der Waals surface area contributed by atoms with E-state index in [2.05, 4.69) is 41.8 Å². The average Bonchev–Trinajstić information content (AvgIpc) is 3.56. The maximum absolute atomic E-state index is 13.7. The molecule has 3 aromatic carbocycles. The van der Waals surface area contributed by atoms with E-state index in [1.54, 1.807) is 40.9 Å². The second-order valence-electron chi connectivity index (χ2n) is 14.9. The number of aromatic nitrogens is 2. The largest absolute Gasteiger partial charge is 0.494 e. The number of imide groups is 1. The molecule has 0 radical (unpaired) electrons. The maximum Gasteiger partial charge on any atom is 0.255 e. The molecule has 1 atom stereocenters. The van der Waals surface area contributed by atoms with Gasteiger partial charge in [0.15, 0.2) is 0 Å². The molecule has 310 valence electrons. The van der Waals surface area contributed by atoms with Crippen molar-refractivity contribution in [3.8, 4) is 5.75 Å². The predicted octanol–water partition coefficient (Wildman–Crippen LogP) is 6.79. The van der Waals surface area contributed by atoms with Crippen molar-refractivity contribution in [2.75, 3.05) is 62.8 Å². The molecular weight excluding hydrogens is 795 g/mol. The zero-order valence-corrected chi connectivity index (χ0v) is 34.5. The Kier molecular flexibility index (Phi) is 14.1. The molecule has 59 heavy (non-hydrogen) atoms. The van der Waals surface area contributed by atoms with Crippen molar-refractivity contribution in [2.24, 2.45) is 0 Å². The van der Waals surface area contributed by atoms with Gasteiger partial charge in [0.05, 0.1) is 23.3 Å². The number of benzene rings is 3. The summed E-state index contributed by atoms with van der Waals surface area (Å²) >= 11 is 7.74. The lowest BCUT2D eigenvalue weighted by Gasteiger charge is -2.34. The first-order valence-electron chi connectivity index (χ1n) is 20.0. The number of piperazine rings is 1. The van der Waals surface area contributed by atoms with E-state index in [0.29, 0.717) is 58.9 Å². The number of unbranched alkanes of at least 4 members (excludes halogenated alkanes) is 4. The molecule has 0 bridgehead atoms. The van der Waals surface area contributed by atoms with Crippen molar-refractivity contribution >= 4 is 75.1 Å². The minimum atomic E-state index is -0.596. The number of methoxy groups -OCH3 is 1. The summed E-state index contributed by atoms with van der Waals surface area (Å²) in [7, 11) is 1.53. The van der Waals surface area contributed by atoms with E-state index in [1.165, 1.54) is 44.8 Å². The fraction of sp³-hybridized carbons (Fsp3) is 0.395. The smallest absolute Gasteiger partial charge is 0.255 e. The Labute approximate surface area is 352 Å². The SMILES string of the molecule is COc1cc2ncnc(Nc3ccc(F)c(Cl)c3)c2cc1NC(=O)/C=C/CN1CCN(CCCCCCCSc2cccc3c2CN(C2CCC(=O)NC2=O)C3=O)CC1. The third kappa shape index (κ3) is 10.6. The highest BCUT2D eigenvalue weighted by atomic mass is 35.5. The van der Waals surface area contributed by atoms with Gasteiger partial charge >= 0.3 is 0 Å². The molecule has 1 aromatic heterocycles. The van der Waals surface area contributed by atoms with Gasteiger partial charge in [-0.15, -0.1) is 11.8 Å². The topological polar surface area (TPSA) is 149 Å². The average molecular weight is 843 g/mol. The highest BCUT2D eigenvalue weighted by molar-refractivity contribution is 7.99. The molecule has 2 fully saturated rings. The van der Waals surface area contributed by atoms with Gasteiger partial charge in [0.2, 0.25) is 17.7 Å². The van der Waals surface area contributed by atoms with Crippen LogP contribution in [0.4, 0.5) is 21.6 Å². The Morgan fingerprint density at radius 1 is 1.02 bits per heavy atom. The zero-order valence-electron chi connectivity index (χ0n) is 33.0. The second-order valence-corrected chi connectivity index (χ2v) is 16.4. The molecule has 4 aromatic rings. The van der Waals surface area contributed by atoms with E-state index in [0.717, 1.165) is 61.8 Å². The third-order valence-electron chi connectivity index (χ3n) is 10.9. The van der Waals surface area contributed by atoms with Crippen LogP contribution < -0.4 is 20.7 Å². The van der Waals surface area contributed by atoms with E-state index in [4.69, 9.17) is 16.3 Å². The van der Waals surface area contributed by atoms with Gasteiger partial charge in [-0.2, -0.15) is 0 Å². The highest BCUT2D eigenvalue weighted by Gasteiger charge is 2.39. The van der Waals surface area contributed by atoms with Crippen LogP contribution in [0, 0.1) is 5.82 Å². The molecule has 3 N–H and O–H groups in total. The minimum absolute atomic E-state index is 0.0126. The number of anilines is 3. The Morgan fingerprint density at radius 2 is 1.81 bits per heavy atom. The van der Waals surface area contributed by atoms with Gasteiger partial charge in [-0.05, 0) is 73.5 Å². The fourth-order valence-corrected chi connectivity index (χ4v) is 8.95. The number of nitrogens with zero attached hydrogens (tertiary/aromatic N) is 5. The molecule has 4 amide bonds. The third-order valence-corrected chi connectivity index (χ3v) is 12.4. The van der Waals surface area contributed by atoms with Crippen LogP contribution in [0.3, 0.4) is 0 Å². The molecule has 3 aliphatic heterocycles. The van der Waals surface area contributed by atoms with E-state index in [1.807, 2.05) is 18.2 Å². The fourth-order valence-electron chi connectivity index (χ4n) is 7.68. The summed E-state index contributed by atoms with van der Waals surface area (Å²) in [4.78, 5) is 66.4. The predicted molar refractivity (Wildman–Crippen MR) is 228 cm³/mol. The van der Waals surface area contributed by atoms with Gasteiger partial charge in [0.25, 0.3) is 5.91 Å². The number of hydrogen-bond acceptors (Lipinski definition) is 11. The van der Waals surface area contributed by atoms with E-state index in [-0.39, 0.29) is 35.1 Å². The molecule has 0 spiro atoms. The Hall–Kier alpha value is -5.09. The van der Waals surface area contributed by atoms with Crippen LogP contribution in [0.1, 0.15) is 60.9 Å². The minimum Gasteiger partial charge on any atom is -0.494 e. The van der Waals surface area contributed by atoms with Crippen molar-refractivity contribution in [1.82, 2.24) is 30.0 Å². The van der Waals surface area contributed by atoms with E-state index in [9.17, 15) is 23.6 Å². The van der Waals surface area contributed by atoms with Crippen molar-refractivity contribution < 1.29 is 28.3 Å². The Bertz CT molecular complexity index is 2240. The van der Waals surface area contributed by atoms with Crippen LogP contribution in [-0.2, 0) is 20.9 Å². The monoisotopic (exact) mass is 842 g/mol. The number of halogens is 2. The highest BCUT2D eigenvalue weighted by Crippen LogP contribution is 2.36. The van der Waals surface area contributed by atoms with Crippen LogP contribution >= 0.6 is 23.4 Å². The van der Waals surface area contributed by atoms with Crippen LogP contribution in [0.5, 0.6) is 5.75 Å². The Morgan fingerprint density at radius 3 is 2.61 bits per heavy atom. The zero-order chi connectivity index (χ0) is 41.3. The summed E-state index contributed by atoms with van der Waals surface area (Å²) in [5, 5.41) is 9.06. The first-order chi connectivity index (χ1) is 28.7. The van der Waals surface area contributed by atoms with Gasteiger partial charge in [-0.3, -0.25) is 29.4 Å². The number of thioether (sulfide) groups is 1. The molecule has 16 heteroatoms. The number of fused-ring (bicyclic) bond motifs is 2. The lowest BCUT2D eigenvalue weighted by Crippen LogP contribution is -2.52. The van der Waals surface area contributed by atoms with E-state index < -0.39 is 11.9 Å². The van der Waals surface area contributed by atoms with E-state index >= 15 is 0 Å². The van der Waals surface area contributed by atoms with Crippen LogP contribution in [0.15, 0.2) is 71.9 Å². The number of ether oxygens (including phenoxy) is 1. The summed E-state index contributed by atoms with van der Waals surface area (Å²) in [5.41, 5.74) is 3.27. The summed E-state index contributed by atoms with van der Waals surface area (Å²) in [5.74, 6) is 0.304. The molecule has 4 heterocycles. The van der Waals surface area contributed by atoms with Gasteiger partial charge in [0, 0.05) is 79.4 Å². The number of rotatable bonds is 17. The Balaban J connectivity index is 0.778. The summed E-state index contributed by atoms with van der Waals surface area (Å²) in [6.45, 7) is 6.05. The molecule has 3 aliphatic rings. The van der Waals surface area contributed by atoms with Gasteiger partial charge in [-0.1, -0.05) is 43.0 Å². The summed E-state index contributed by atoms with van der Waals surface area (Å²) in [6, 6.07) is 13.0. The molecule has 2 saturated heterocycles. The van der Waals surface area contributed by atoms with Gasteiger partial charge in [0.1, 0.15) is 29.8 Å². The lowest BCUT2D eigenvalue weighted by atomic mass is 10.0. The molecule has 13 nitrogen and oxygen atoms in total. The van der Waals surface area contributed by atoms with Crippen molar-refractivity contribution in [3.05, 3.63) is 89.0 Å². The molecule has 0 saturated carbocycles. The number of piperidine rings is 1. The lowest BCUT2D eigenvalue weighted by molar-refractivity contribution is -0.137. The molecular formula is C43H48ClFN8O5S. The van der Waals surface area contributed by atoms with Crippen molar-refractivity contribution in [2.45, 2.75) is 62.4 Å². The first kappa shape index (κ1) is 42.0. The standard InChI is InChI=1S/C43H48ClFN8O5S/c1-58-37-25-34-30(41(47-27-46-34)48-28-12-13-33(45)32(44)23-28)24-35(37)49-39(54)11-8-17-52-20-18-51(19-21-52)16-5-3-2-4-6-22-59-38-10-7-9-29-31(38)26-53(43(29)57)36-14-15-40(55)50-42(36)56/h7-13,23-25,27,36H,2-6,14-22,26H2,1H3,(H,49,54)(H,46,47,48)(H,50,55,56)/b11-8+. The normalized spacial score (nSPS) is 17.4. The number of carbonyl (C=O) groups is 4. The second kappa shape index (κ2) is 19.8. The molecule has 7 rings (SSSR count). The first-order valence-corrected chi connectivity index (χ1v) is 21.4. The summed E-state index contributed by atoms with van der Waals surface area (Å²) in [6.07, 6.45) is 11.2. The maximum atomic E-state index is 13.7. The van der Waals surface area contributed by atoms with Crippen molar-refractivity contribution in [1.29, 1.82) is 0 Å². The molecule has 1 unspecified atom stereocenters. The number of hydrogen-bond donors (Lipinski definition) is 3. The summed E-state index contributed by atoms with van der Waals surface area (Å²) < 4.78 is 19.2. The quantitative estimate of drug-likeness (QED) is 0.0447. The number of carbonyl (C=O) groups excluding carboxylic acids is 4. The molecule has 0 aliphatic carbocycles. The number of amides is 4. The van der Waals surface area contributed by atoms with Gasteiger partial charge in [-0.25, -0.2) is 14.4 Å². The van der Waals surface area contributed by atoms with Crippen LogP contribution in [0.25, 0.3) is 10.9 Å².